The highest BCUT2D eigenvalue weighted by molar-refractivity contribution is 5.54. The third-order valence-electron chi connectivity index (χ3n) is 4.49. The van der Waals surface area contributed by atoms with E-state index in [9.17, 15) is 5.11 Å². The number of pyridine rings is 1. The lowest BCUT2D eigenvalue weighted by molar-refractivity contribution is 0.115. The van der Waals surface area contributed by atoms with Gasteiger partial charge in [-0.1, -0.05) is 13.0 Å². The molecular weight excluding hydrogens is 288 g/mol. The van der Waals surface area contributed by atoms with Crippen molar-refractivity contribution in [2.24, 2.45) is 5.92 Å². The molecule has 1 fully saturated rings. The Morgan fingerprint density at radius 1 is 1.35 bits per heavy atom. The quantitative estimate of drug-likeness (QED) is 0.940. The second-order valence-electron chi connectivity index (χ2n) is 6.20. The number of aliphatic hydroxyl groups is 1. The summed E-state index contributed by atoms with van der Waals surface area (Å²) in [6, 6.07) is 7.85. The Labute approximate surface area is 137 Å². The minimum atomic E-state index is -0.277. The summed E-state index contributed by atoms with van der Waals surface area (Å²) in [5, 5.41) is 9.91. The summed E-state index contributed by atoms with van der Waals surface area (Å²) in [5.74, 6) is 1.93. The fraction of sp³-hybridized carbons (Fsp3) is 0.500. The number of nitrogens with zero attached hydrogens (tertiary/aromatic N) is 4. The van der Waals surface area contributed by atoms with Gasteiger partial charge in [0.15, 0.2) is 5.82 Å². The fourth-order valence-corrected chi connectivity index (χ4v) is 3.05. The molecule has 2 aromatic rings. The summed E-state index contributed by atoms with van der Waals surface area (Å²) in [6.45, 7) is 5.80. The van der Waals surface area contributed by atoms with Crippen molar-refractivity contribution in [2.45, 2.75) is 39.2 Å². The van der Waals surface area contributed by atoms with Crippen molar-refractivity contribution in [3.63, 3.8) is 0 Å². The van der Waals surface area contributed by atoms with Gasteiger partial charge in [0.2, 0.25) is 0 Å². The highest BCUT2D eigenvalue weighted by Gasteiger charge is 2.25. The van der Waals surface area contributed by atoms with E-state index in [4.69, 9.17) is 4.98 Å². The molecule has 1 saturated heterocycles. The Morgan fingerprint density at radius 2 is 2.22 bits per heavy atom. The molecule has 3 rings (SSSR count). The Morgan fingerprint density at radius 3 is 2.91 bits per heavy atom. The van der Waals surface area contributed by atoms with E-state index in [1.165, 1.54) is 0 Å². The number of aromatic nitrogens is 3. The van der Waals surface area contributed by atoms with E-state index < -0.39 is 0 Å². The SMILES string of the molecule is CCc1cc(N2CCCC(C(C)O)C2)nc(-c2ccccn2)n1. The van der Waals surface area contributed by atoms with E-state index in [1.54, 1.807) is 6.20 Å². The molecule has 1 aliphatic rings. The van der Waals surface area contributed by atoms with Crippen LogP contribution in [0.25, 0.3) is 11.5 Å². The van der Waals surface area contributed by atoms with E-state index in [0.29, 0.717) is 11.7 Å². The Balaban J connectivity index is 1.92. The summed E-state index contributed by atoms with van der Waals surface area (Å²) in [5.41, 5.74) is 1.82. The summed E-state index contributed by atoms with van der Waals surface area (Å²) in [6.07, 6.45) is 4.51. The lowest BCUT2D eigenvalue weighted by Crippen LogP contribution is -2.40. The van der Waals surface area contributed by atoms with Gasteiger partial charge in [0, 0.05) is 37.0 Å². The van der Waals surface area contributed by atoms with Gasteiger partial charge < -0.3 is 10.0 Å². The van der Waals surface area contributed by atoms with Crippen LogP contribution in [0.2, 0.25) is 0 Å². The maximum absolute atomic E-state index is 9.91. The zero-order valence-corrected chi connectivity index (χ0v) is 13.8. The van der Waals surface area contributed by atoms with Gasteiger partial charge in [-0.3, -0.25) is 4.98 Å². The highest BCUT2D eigenvalue weighted by atomic mass is 16.3. The van der Waals surface area contributed by atoms with Crippen molar-refractivity contribution in [2.75, 3.05) is 18.0 Å². The van der Waals surface area contributed by atoms with Gasteiger partial charge in [0.1, 0.15) is 11.5 Å². The van der Waals surface area contributed by atoms with Gasteiger partial charge in [-0.25, -0.2) is 9.97 Å². The molecular formula is C18H24N4O. The van der Waals surface area contributed by atoms with Gasteiger partial charge in [-0.15, -0.1) is 0 Å². The average molecular weight is 312 g/mol. The molecule has 0 aromatic carbocycles. The highest BCUT2D eigenvalue weighted by Crippen LogP contribution is 2.26. The van der Waals surface area contributed by atoms with E-state index in [2.05, 4.69) is 27.9 Å². The van der Waals surface area contributed by atoms with Crippen LogP contribution in [0, 0.1) is 5.92 Å². The van der Waals surface area contributed by atoms with Crippen LogP contribution in [0.15, 0.2) is 30.5 Å². The largest absolute Gasteiger partial charge is 0.393 e. The van der Waals surface area contributed by atoms with Crippen LogP contribution in [-0.4, -0.2) is 39.3 Å². The topological polar surface area (TPSA) is 62.1 Å². The molecule has 2 unspecified atom stereocenters. The van der Waals surface area contributed by atoms with Gasteiger partial charge in [-0.2, -0.15) is 0 Å². The van der Waals surface area contributed by atoms with Crippen molar-refractivity contribution >= 4 is 5.82 Å². The molecule has 1 aliphatic heterocycles. The summed E-state index contributed by atoms with van der Waals surface area (Å²) in [7, 11) is 0. The van der Waals surface area contributed by atoms with E-state index in [0.717, 1.165) is 49.6 Å². The smallest absolute Gasteiger partial charge is 0.180 e. The van der Waals surface area contributed by atoms with Crippen LogP contribution in [-0.2, 0) is 6.42 Å². The van der Waals surface area contributed by atoms with Crippen molar-refractivity contribution in [1.29, 1.82) is 0 Å². The number of rotatable bonds is 4. The lowest BCUT2D eigenvalue weighted by atomic mass is 9.93. The zero-order chi connectivity index (χ0) is 16.2. The summed E-state index contributed by atoms with van der Waals surface area (Å²) < 4.78 is 0. The third kappa shape index (κ3) is 3.67. The number of piperidine rings is 1. The minimum absolute atomic E-state index is 0.277. The first-order valence-corrected chi connectivity index (χ1v) is 8.39. The van der Waals surface area contributed by atoms with E-state index in [-0.39, 0.29) is 6.10 Å². The number of aryl methyl sites for hydroxylation is 1. The van der Waals surface area contributed by atoms with Gasteiger partial charge in [-0.05, 0) is 38.3 Å². The number of anilines is 1. The predicted octanol–water partition coefficient (Wildman–Crippen LogP) is 2.70. The van der Waals surface area contributed by atoms with E-state index >= 15 is 0 Å². The molecule has 0 spiro atoms. The van der Waals surface area contributed by atoms with Crippen LogP contribution < -0.4 is 4.90 Å². The first-order valence-electron chi connectivity index (χ1n) is 8.39. The molecule has 0 aliphatic carbocycles. The second kappa shape index (κ2) is 7.04. The first kappa shape index (κ1) is 15.9. The van der Waals surface area contributed by atoms with E-state index in [1.807, 2.05) is 25.1 Å². The maximum Gasteiger partial charge on any atom is 0.180 e. The molecule has 23 heavy (non-hydrogen) atoms. The molecule has 0 bridgehead atoms. The standard InChI is InChI=1S/C18H24N4O/c1-3-15-11-17(22-10-6-7-14(12-22)13(2)23)21-18(20-15)16-8-4-5-9-19-16/h4-5,8-9,11,13-14,23H,3,6-7,10,12H2,1-2H3. The molecule has 2 atom stereocenters. The van der Waals surface area contributed by atoms with Crippen molar-refractivity contribution in [3.8, 4) is 11.5 Å². The van der Waals surface area contributed by atoms with Crippen molar-refractivity contribution in [1.82, 2.24) is 15.0 Å². The van der Waals surface area contributed by atoms with Gasteiger partial charge in [0.25, 0.3) is 0 Å². The van der Waals surface area contributed by atoms with Crippen LogP contribution in [0.3, 0.4) is 0 Å². The van der Waals surface area contributed by atoms with Crippen LogP contribution in [0.1, 0.15) is 32.4 Å². The van der Waals surface area contributed by atoms with Crippen LogP contribution in [0.4, 0.5) is 5.82 Å². The molecule has 5 nitrogen and oxygen atoms in total. The number of aliphatic hydroxyl groups excluding tert-OH is 1. The fourth-order valence-electron chi connectivity index (χ4n) is 3.05. The average Bonchev–Trinajstić information content (AvgIpc) is 2.62. The van der Waals surface area contributed by atoms with Crippen LogP contribution in [0.5, 0.6) is 0 Å². The summed E-state index contributed by atoms with van der Waals surface area (Å²) in [4.78, 5) is 16.0. The molecule has 0 radical (unpaired) electrons. The zero-order valence-electron chi connectivity index (χ0n) is 13.8. The summed E-state index contributed by atoms with van der Waals surface area (Å²) >= 11 is 0. The Kier molecular flexibility index (Phi) is 4.86. The Bertz CT molecular complexity index is 645. The van der Waals surface area contributed by atoms with Gasteiger partial charge >= 0.3 is 0 Å². The van der Waals surface area contributed by atoms with Gasteiger partial charge in [0.05, 0.1) is 6.10 Å². The normalized spacial score (nSPS) is 19.6. The first-order chi connectivity index (χ1) is 11.2. The molecule has 122 valence electrons. The molecule has 1 N–H and O–H groups in total. The third-order valence-corrected chi connectivity index (χ3v) is 4.49. The molecule has 2 aromatic heterocycles. The Hall–Kier alpha value is -2.01. The molecule has 0 amide bonds. The molecule has 3 heterocycles. The maximum atomic E-state index is 9.91. The lowest BCUT2D eigenvalue weighted by Gasteiger charge is -2.35. The minimum Gasteiger partial charge on any atom is -0.393 e. The number of hydrogen-bond acceptors (Lipinski definition) is 5. The van der Waals surface area contributed by atoms with Crippen molar-refractivity contribution in [3.05, 3.63) is 36.2 Å². The molecule has 5 heteroatoms. The number of hydrogen-bond donors (Lipinski definition) is 1. The van der Waals surface area contributed by atoms with Crippen LogP contribution >= 0.6 is 0 Å². The predicted molar refractivity (Wildman–Crippen MR) is 91.3 cm³/mol. The van der Waals surface area contributed by atoms with Crippen molar-refractivity contribution < 1.29 is 5.11 Å². The monoisotopic (exact) mass is 312 g/mol. The second-order valence-corrected chi connectivity index (χ2v) is 6.20. The molecule has 0 saturated carbocycles.